The molecule has 1 aromatic heterocycles. The second kappa shape index (κ2) is 13.0. The topological polar surface area (TPSA) is 29.0 Å². The van der Waals surface area contributed by atoms with Crippen LogP contribution in [0.4, 0.5) is 11.6 Å². The Labute approximate surface area is 309 Å². The number of anilines is 2. The van der Waals surface area contributed by atoms with Gasteiger partial charge in [-0.1, -0.05) is 176 Å². The Hall–Kier alpha value is -6.84. The highest BCUT2D eigenvalue weighted by atomic mass is 15.3. The number of nitrogens with zero attached hydrogens (tertiary/aromatic N) is 3. The van der Waals surface area contributed by atoms with E-state index < -0.39 is 0 Å². The standard InChI is InChI=1S/C50H35N3/c1-4-15-34(16-5-1)36-27-29-38(30-28-36)48-43-24-10-12-25-46(43)51-50(52-48)53-47-26-13-11-23-42(47)45-33-41(32-44(49(45)53)37-19-8-3-9-20-37)40-22-14-21-39(31-40)35-17-6-2-7-18-35/h1-33,42,47H. The lowest BCUT2D eigenvalue weighted by Crippen LogP contribution is -2.30. The summed E-state index contributed by atoms with van der Waals surface area (Å²) in [6.45, 7) is 0. The maximum absolute atomic E-state index is 5.46. The fourth-order valence-electron chi connectivity index (χ4n) is 8.05. The maximum Gasteiger partial charge on any atom is 0.231 e. The minimum Gasteiger partial charge on any atom is -0.302 e. The molecule has 0 bridgehead atoms. The first kappa shape index (κ1) is 30.9. The molecule has 2 aliphatic rings. The van der Waals surface area contributed by atoms with Crippen molar-refractivity contribution in [3.05, 3.63) is 206 Å². The monoisotopic (exact) mass is 677 g/mol. The Kier molecular flexibility index (Phi) is 7.62. The lowest BCUT2D eigenvalue weighted by Gasteiger charge is -2.28. The molecule has 1 aliphatic heterocycles. The molecule has 0 radical (unpaired) electrons. The molecule has 0 amide bonds. The van der Waals surface area contributed by atoms with Crippen molar-refractivity contribution in [2.75, 3.05) is 4.90 Å². The summed E-state index contributed by atoms with van der Waals surface area (Å²) in [5.74, 6) is 0.842. The first-order valence-electron chi connectivity index (χ1n) is 18.2. The SMILES string of the molecule is C1=CC2c3cc(-c4cccc(-c5ccccc5)c4)cc(-c4ccccc4)c3N(c3nc(-c4ccc(-c5ccccc5)cc4)c4ccccc4n3)C2C=C1. The van der Waals surface area contributed by atoms with Gasteiger partial charge in [-0.25, -0.2) is 9.97 Å². The third kappa shape index (κ3) is 5.55. The van der Waals surface area contributed by atoms with Gasteiger partial charge < -0.3 is 4.90 Å². The fraction of sp³-hybridized carbons (Fsp3) is 0.0400. The van der Waals surface area contributed by atoms with Gasteiger partial charge in [0.15, 0.2) is 0 Å². The first-order chi connectivity index (χ1) is 26.3. The van der Waals surface area contributed by atoms with E-state index in [0.717, 1.165) is 27.8 Å². The van der Waals surface area contributed by atoms with Crippen LogP contribution in [0, 0.1) is 0 Å². The number of rotatable bonds is 6. The highest BCUT2D eigenvalue weighted by molar-refractivity contribution is 5.96. The quantitative estimate of drug-likeness (QED) is 0.175. The third-order valence-electron chi connectivity index (χ3n) is 10.6. The van der Waals surface area contributed by atoms with Gasteiger partial charge in [-0.3, -0.25) is 0 Å². The summed E-state index contributed by atoms with van der Waals surface area (Å²) in [6.07, 6.45) is 8.99. The molecule has 250 valence electrons. The molecule has 2 heterocycles. The highest BCUT2D eigenvalue weighted by Gasteiger charge is 2.41. The summed E-state index contributed by atoms with van der Waals surface area (Å²) in [6, 6.07) is 62.7. The van der Waals surface area contributed by atoms with E-state index in [0.29, 0.717) is 5.95 Å². The number of hydrogen-bond donors (Lipinski definition) is 0. The third-order valence-corrected chi connectivity index (χ3v) is 10.6. The number of allylic oxidation sites excluding steroid dienone is 2. The van der Waals surface area contributed by atoms with Crippen LogP contribution in [0.5, 0.6) is 0 Å². The molecule has 7 aromatic carbocycles. The Morgan fingerprint density at radius 1 is 0.415 bits per heavy atom. The molecule has 3 heteroatoms. The van der Waals surface area contributed by atoms with E-state index in [9.17, 15) is 0 Å². The van der Waals surface area contributed by atoms with Crippen LogP contribution in [0.25, 0.3) is 66.7 Å². The molecule has 0 N–H and O–H groups in total. The van der Waals surface area contributed by atoms with Crippen molar-refractivity contribution >= 4 is 22.5 Å². The van der Waals surface area contributed by atoms with Crippen LogP contribution in [0.3, 0.4) is 0 Å². The van der Waals surface area contributed by atoms with Crippen LogP contribution in [-0.4, -0.2) is 16.0 Å². The predicted molar refractivity (Wildman–Crippen MR) is 220 cm³/mol. The van der Waals surface area contributed by atoms with Crippen molar-refractivity contribution in [3.63, 3.8) is 0 Å². The molecule has 0 fully saturated rings. The van der Waals surface area contributed by atoms with Crippen LogP contribution >= 0.6 is 0 Å². The lowest BCUT2D eigenvalue weighted by atomic mass is 9.87. The molecule has 2 unspecified atom stereocenters. The zero-order valence-electron chi connectivity index (χ0n) is 29.0. The average Bonchev–Trinajstić information content (AvgIpc) is 3.58. The van der Waals surface area contributed by atoms with Crippen molar-refractivity contribution in [2.24, 2.45) is 0 Å². The summed E-state index contributed by atoms with van der Waals surface area (Å²) in [5, 5.41) is 1.04. The zero-order valence-corrected chi connectivity index (χ0v) is 29.0. The second-order valence-electron chi connectivity index (χ2n) is 13.8. The normalized spacial score (nSPS) is 15.7. The van der Waals surface area contributed by atoms with Gasteiger partial charge in [-0.05, 0) is 68.8 Å². The number of para-hydroxylation sites is 1. The van der Waals surface area contributed by atoms with Crippen LogP contribution in [0.1, 0.15) is 11.5 Å². The second-order valence-corrected chi connectivity index (χ2v) is 13.8. The maximum atomic E-state index is 5.46. The van der Waals surface area contributed by atoms with Crippen LogP contribution < -0.4 is 4.90 Å². The van der Waals surface area contributed by atoms with Crippen LogP contribution in [0.2, 0.25) is 0 Å². The predicted octanol–water partition coefficient (Wildman–Crippen LogP) is 12.7. The molecular formula is C50H35N3. The fourth-order valence-corrected chi connectivity index (χ4v) is 8.05. The summed E-state index contributed by atoms with van der Waals surface area (Å²) < 4.78 is 0. The Bertz CT molecular complexity index is 2660. The van der Waals surface area contributed by atoms with E-state index in [-0.39, 0.29) is 12.0 Å². The molecular weight excluding hydrogens is 643 g/mol. The number of fused-ring (bicyclic) bond motifs is 4. The molecule has 53 heavy (non-hydrogen) atoms. The minimum atomic E-state index is 0.0258. The molecule has 0 saturated carbocycles. The van der Waals surface area contributed by atoms with Gasteiger partial charge in [0.25, 0.3) is 0 Å². The average molecular weight is 678 g/mol. The summed E-state index contributed by atoms with van der Waals surface area (Å²) in [7, 11) is 0. The summed E-state index contributed by atoms with van der Waals surface area (Å²) in [4.78, 5) is 13.2. The largest absolute Gasteiger partial charge is 0.302 e. The molecule has 0 spiro atoms. The zero-order chi connectivity index (χ0) is 35.1. The molecule has 8 aromatic rings. The van der Waals surface area contributed by atoms with Crippen molar-refractivity contribution in [3.8, 4) is 55.8 Å². The number of benzene rings is 7. The van der Waals surface area contributed by atoms with Crippen molar-refractivity contribution < 1.29 is 0 Å². The van der Waals surface area contributed by atoms with E-state index in [4.69, 9.17) is 9.97 Å². The minimum absolute atomic E-state index is 0.0258. The van der Waals surface area contributed by atoms with Crippen molar-refractivity contribution in [2.45, 2.75) is 12.0 Å². The molecule has 0 saturated heterocycles. The van der Waals surface area contributed by atoms with Crippen LogP contribution in [-0.2, 0) is 0 Å². The van der Waals surface area contributed by atoms with Gasteiger partial charge in [-0.2, -0.15) is 0 Å². The van der Waals surface area contributed by atoms with E-state index in [2.05, 4.69) is 205 Å². The van der Waals surface area contributed by atoms with E-state index in [1.54, 1.807) is 0 Å². The summed E-state index contributed by atoms with van der Waals surface area (Å²) in [5.41, 5.74) is 14.9. The molecule has 2 atom stereocenters. The highest BCUT2D eigenvalue weighted by Crippen LogP contribution is 2.53. The van der Waals surface area contributed by atoms with E-state index >= 15 is 0 Å². The van der Waals surface area contributed by atoms with Gasteiger partial charge in [-0.15, -0.1) is 0 Å². The van der Waals surface area contributed by atoms with E-state index in [1.165, 1.54) is 50.1 Å². The summed E-state index contributed by atoms with van der Waals surface area (Å²) >= 11 is 0. The first-order valence-corrected chi connectivity index (χ1v) is 18.2. The van der Waals surface area contributed by atoms with Gasteiger partial charge in [0.05, 0.1) is 22.9 Å². The lowest BCUT2D eigenvalue weighted by molar-refractivity contribution is 0.731. The Balaban J connectivity index is 1.17. The van der Waals surface area contributed by atoms with Gasteiger partial charge in [0, 0.05) is 22.4 Å². The van der Waals surface area contributed by atoms with Gasteiger partial charge in [0.2, 0.25) is 5.95 Å². The number of hydrogen-bond acceptors (Lipinski definition) is 3. The smallest absolute Gasteiger partial charge is 0.231 e. The molecule has 1 aliphatic carbocycles. The Morgan fingerprint density at radius 2 is 0.981 bits per heavy atom. The Morgan fingerprint density at radius 3 is 1.72 bits per heavy atom. The number of aromatic nitrogens is 2. The van der Waals surface area contributed by atoms with Crippen molar-refractivity contribution in [1.29, 1.82) is 0 Å². The van der Waals surface area contributed by atoms with Gasteiger partial charge >= 0.3 is 0 Å². The molecule has 3 nitrogen and oxygen atoms in total. The van der Waals surface area contributed by atoms with Crippen molar-refractivity contribution in [1.82, 2.24) is 9.97 Å². The van der Waals surface area contributed by atoms with E-state index in [1.807, 2.05) is 0 Å². The van der Waals surface area contributed by atoms with Crippen LogP contribution in [0.15, 0.2) is 200 Å². The molecule has 10 rings (SSSR count). The van der Waals surface area contributed by atoms with Gasteiger partial charge in [0.1, 0.15) is 0 Å².